The maximum absolute atomic E-state index is 6.28. The van der Waals surface area contributed by atoms with Crippen LogP contribution >= 0.6 is 46.5 Å². The van der Waals surface area contributed by atoms with E-state index in [-0.39, 0.29) is 6.04 Å². The summed E-state index contributed by atoms with van der Waals surface area (Å²) in [6.45, 7) is 1.99. The summed E-state index contributed by atoms with van der Waals surface area (Å²) in [5.41, 5.74) is 3.24. The zero-order chi connectivity index (χ0) is 15.0. The smallest absolute Gasteiger partial charge is 0.129 e. The molecule has 3 rings (SSSR count). The molecule has 108 valence electrons. The van der Waals surface area contributed by atoms with E-state index < -0.39 is 0 Å². The van der Waals surface area contributed by atoms with Crippen LogP contribution in [0.4, 0.5) is 5.69 Å². The lowest BCUT2D eigenvalue weighted by Gasteiger charge is -2.18. The molecule has 0 saturated carbocycles. The van der Waals surface area contributed by atoms with Gasteiger partial charge in [0.1, 0.15) is 11.0 Å². The van der Waals surface area contributed by atoms with Gasteiger partial charge in [0, 0.05) is 0 Å². The molecule has 3 aromatic rings. The Bertz CT molecular complexity index is 803. The highest BCUT2D eigenvalue weighted by Gasteiger charge is 2.16. The lowest BCUT2D eigenvalue weighted by Crippen LogP contribution is -2.08. The minimum atomic E-state index is -0.0685. The van der Waals surface area contributed by atoms with Gasteiger partial charge in [-0.25, -0.2) is 0 Å². The van der Waals surface area contributed by atoms with Gasteiger partial charge in [0.25, 0.3) is 0 Å². The SMILES string of the molecule is CC(Nc1c(Cl)ccc2nsnc12)c1cccc(Cl)c1Cl. The molecule has 0 bridgehead atoms. The summed E-state index contributed by atoms with van der Waals surface area (Å²) < 4.78 is 8.51. The molecule has 7 heteroatoms. The molecule has 0 radical (unpaired) electrons. The molecule has 1 N–H and O–H groups in total. The first-order valence-corrected chi connectivity index (χ1v) is 8.05. The number of nitrogens with one attached hydrogen (secondary N) is 1. The molecule has 0 spiro atoms. The van der Waals surface area contributed by atoms with Crippen LogP contribution in [0.2, 0.25) is 15.1 Å². The number of anilines is 1. The minimum Gasteiger partial charge on any atom is -0.375 e. The Morgan fingerprint density at radius 2 is 1.86 bits per heavy atom. The fourth-order valence-electron chi connectivity index (χ4n) is 2.11. The molecule has 3 nitrogen and oxygen atoms in total. The van der Waals surface area contributed by atoms with Crippen molar-refractivity contribution in [1.82, 2.24) is 8.75 Å². The van der Waals surface area contributed by atoms with Crippen molar-refractivity contribution in [3.63, 3.8) is 0 Å². The lowest BCUT2D eigenvalue weighted by molar-refractivity contribution is 0.887. The molecule has 0 amide bonds. The van der Waals surface area contributed by atoms with Crippen LogP contribution in [-0.2, 0) is 0 Å². The van der Waals surface area contributed by atoms with E-state index in [0.717, 1.165) is 34.0 Å². The summed E-state index contributed by atoms with van der Waals surface area (Å²) >= 11 is 19.8. The van der Waals surface area contributed by atoms with Gasteiger partial charge in [-0.3, -0.25) is 0 Å². The fraction of sp³-hybridized carbons (Fsp3) is 0.143. The summed E-state index contributed by atoms with van der Waals surface area (Å²) in [5.74, 6) is 0. The summed E-state index contributed by atoms with van der Waals surface area (Å²) in [6.07, 6.45) is 0. The van der Waals surface area contributed by atoms with E-state index in [1.807, 2.05) is 25.1 Å². The van der Waals surface area contributed by atoms with Gasteiger partial charge in [-0.2, -0.15) is 8.75 Å². The van der Waals surface area contributed by atoms with Crippen molar-refractivity contribution in [2.75, 3.05) is 5.32 Å². The van der Waals surface area contributed by atoms with Crippen LogP contribution in [0.3, 0.4) is 0 Å². The van der Waals surface area contributed by atoms with E-state index in [2.05, 4.69) is 14.1 Å². The van der Waals surface area contributed by atoms with Crippen molar-refractivity contribution in [3.8, 4) is 0 Å². The zero-order valence-corrected chi connectivity index (χ0v) is 14.0. The first-order valence-electron chi connectivity index (χ1n) is 6.19. The summed E-state index contributed by atoms with van der Waals surface area (Å²) in [4.78, 5) is 0. The molecule has 1 atom stereocenters. The molecule has 21 heavy (non-hydrogen) atoms. The molecular formula is C14H10Cl3N3S. The van der Waals surface area contributed by atoms with E-state index in [1.165, 1.54) is 0 Å². The van der Waals surface area contributed by atoms with Crippen molar-refractivity contribution >= 4 is 63.3 Å². The molecule has 1 aromatic heterocycles. The van der Waals surface area contributed by atoms with Gasteiger partial charge in [0.15, 0.2) is 0 Å². The lowest BCUT2D eigenvalue weighted by atomic mass is 10.1. The second-order valence-electron chi connectivity index (χ2n) is 4.56. The Hall–Kier alpha value is -1.07. The molecule has 0 aliphatic heterocycles. The van der Waals surface area contributed by atoms with E-state index in [1.54, 1.807) is 12.1 Å². The topological polar surface area (TPSA) is 37.8 Å². The first-order chi connectivity index (χ1) is 10.1. The van der Waals surface area contributed by atoms with Gasteiger partial charge in [-0.1, -0.05) is 46.9 Å². The molecule has 1 heterocycles. The predicted molar refractivity (Wildman–Crippen MR) is 90.9 cm³/mol. The van der Waals surface area contributed by atoms with Crippen LogP contribution in [0, 0.1) is 0 Å². The number of hydrogen-bond acceptors (Lipinski definition) is 4. The Morgan fingerprint density at radius 1 is 1.05 bits per heavy atom. The molecule has 2 aromatic carbocycles. The van der Waals surface area contributed by atoms with Crippen LogP contribution in [0.15, 0.2) is 30.3 Å². The van der Waals surface area contributed by atoms with Gasteiger partial charge in [0.2, 0.25) is 0 Å². The summed E-state index contributed by atoms with van der Waals surface area (Å²) in [7, 11) is 0. The average molecular weight is 359 g/mol. The second-order valence-corrected chi connectivity index (χ2v) is 6.28. The first kappa shape index (κ1) is 14.9. The van der Waals surface area contributed by atoms with Gasteiger partial charge in [-0.05, 0) is 30.7 Å². The third-order valence-electron chi connectivity index (χ3n) is 3.19. The van der Waals surface area contributed by atoms with Crippen LogP contribution in [-0.4, -0.2) is 8.75 Å². The molecule has 1 unspecified atom stereocenters. The normalized spacial score (nSPS) is 12.6. The Kier molecular flexibility index (Phi) is 4.22. The number of rotatable bonds is 3. The van der Waals surface area contributed by atoms with Crippen molar-refractivity contribution in [2.24, 2.45) is 0 Å². The van der Waals surface area contributed by atoms with Crippen molar-refractivity contribution in [1.29, 1.82) is 0 Å². The standard InChI is InChI=1S/C14H10Cl3N3S/c1-7(8-3-2-4-9(15)12(8)17)18-13-10(16)5-6-11-14(13)20-21-19-11/h2-7,18H,1H3. The highest BCUT2D eigenvalue weighted by molar-refractivity contribution is 7.00. The van der Waals surface area contributed by atoms with Gasteiger partial charge in [0.05, 0.1) is 38.5 Å². The van der Waals surface area contributed by atoms with E-state index in [0.29, 0.717) is 15.1 Å². The van der Waals surface area contributed by atoms with Crippen molar-refractivity contribution in [2.45, 2.75) is 13.0 Å². The number of nitrogens with zero attached hydrogens (tertiary/aromatic N) is 2. The van der Waals surface area contributed by atoms with Crippen LogP contribution in [0.5, 0.6) is 0 Å². The van der Waals surface area contributed by atoms with Crippen LogP contribution in [0.25, 0.3) is 11.0 Å². The van der Waals surface area contributed by atoms with Gasteiger partial charge < -0.3 is 5.32 Å². The number of hydrogen-bond donors (Lipinski definition) is 1. The molecular weight excluding hydrogens is 349 g/mol. The number of aromatic nitrogens is 2. The predicted octanol–water partition coefficient (Wildman–Crippen LogP) is 5.82. The molecule has 0 fully saturated rings. The maximum atomic E-state index is 6.28. The van der Waals surface area contributed by atoms with E-state index >= 15 is 0 Å². The molecule has 0 saturated heterocycles. The third kappa shape index (κ3) is 2.81. The fourth-order valence-corrected chi connectivity index (χ4v) is 3.33. The third-order valence-corrected chi connectivity index (χ3v) is 4.88. The van der Waals surface area contributed by atoms with E-state index in [9.17, 15) is 0 Å². The molecule has 0 aliphatic carbocycles. The summed E-state index contributed by atoms with van der Waals surface area (Å²) in [5, 5.41) is 5.02. The quantitative estimate of drug-likeness (QED) is 0.640. The van der Waals surface area contributed by atoms with Crippen molar-refractivity contribution in [3.05, 3.63) is 51.0 Å². The monoisotopic (exact) mass is 357 g/mol. The average Bonchev–Trinajstić information content (AvgIpc) is 2.93. The maximum Gasteiger partial charge on any atom is 0.129 e. The van der Waals surface area contributed by atoms with Crippen LogP contribution in [0.1, 0.15) is 18.5 Å². The van der Waals surface area contributed by atoms with Gasteiger partial charge >= 0.3 is 0 Å². The van der Waals surface area contributed by atoms with Crippen LogP contribution < -0.4 is 5.32 Å². The highest BCUT2D eigenvalue weighted by atomic mass is 35.5. The largest absolute Gasteiger partial charge is 0.375 e. The zero-order valence-electron chi connectivity index (χ0n) is 10.9. The second kappa shape index (κ2) is 5.97. The summed E-state index contributed by atoms with van der Waals surface area (Å²) in [6, 6.07) is 9.15. The molecule has 0 aliphatic rings. The van der Waals surface area contributed by atoms with Crippen molar-refractivity contribution < 1.29 is 0 Å². The number of fused-ring (bicyclic) bond motifs is 1. The highest BCUT2D eigenvalue weighted by Crippen LogP contribution is 2.35. The number of halogens is 3. The van der Waals surface area contributed by atoms with Gasteiger partial charge in [-0.15, -0.1) is 0 Å². The Labute approximate surface area is 141 Å². The minimum absolute atomic E-state index is 0.0685. The Morgan fingerprint density at radius 3 is 2.67 bits per heavy atom. The Balaban J connectivity index is 2.00. The number of benzene rings is 2. The van der Waals surface area contributed by atoms with E-state index in [4.69, 9.17) is 34.8 Å².